The summed E-state index contributed by atoms with van der Waals surface area (Å²) in [6.45, 7) is 1.84. The monoisotopic (exact) mass is 344 g/mol. The van der Waals surface area contributed by atoms with Gasteiger partial charge in [-0.15, -0.1) is 0 Å². The molecular weight excluding hydrogens is 328 g/mol. The van der Waals surface area contributed by atoms with Crippen molar-refractivity contribution in [2.75, 3.05) is 5.32 Å². The van der Waals surface area contributed by atoms with Crippen molar-refractivity contribution < 1.29 is 9.32 Å². The second-order valence-electron chi connectivity index (χ2n) is 5.95. The summed E-state index contributed by atoms with van der Waals surface area (Å²) in [6.07, 6.45) is 1.85. The van der Waals surface area contributed by atoms with Crippen LogP contribution in [0.3, 0.4) is 0 Å². The maximum atomic E-state index is 12.4. The number of benzene rings is 1. The molecule has 0 saturated heterocycles. The molecule has 128 valence electrons. The van der Waals surface area contributed by atoms with E-state index >= 15 is 0 Å². The van der Waals surface area contributed by atoms with Crippen LogP contribution >= 0.6 is 0 Å². The molecule has 6 nitrogen and oxygen atoms in total. The fourth-order valence-corrected chi connectivity index (χ4v) is 2.78. The molecule has 0 bridgehead atoms. The van der Waals surface area contributed by atoms with Crippen molar-refractivity contribution in [3.05, 3.63) is 72.1 Å². The molecule has 0 aliphatic rings. The van der Waals surface area contributed by atoms with Crippen molar-refractivity contribution in [3.8, 4) is 11.4 Å². The molecule has 1 aromatic carbocycles. The molecule has 3 aromatic heterocycles. The minimum atomic E-state index is -0.138. The van der Waals surface area contributed by atoms with E-state index in [0.29, 0.717) is 17.2 Å². The molecule has 0 atom stereocenters. The van der Waals surface area contributed by atoms with Crippen LogP contribution in [0.5, 0.6) is 0 Å². The Bertz CT molecular complexity index is 1070. The zero-order valence-electron chi connectivity index (χ0n) is 14.1. The van der Waals surface area contributed by atoms with E-state index in [0.717, 1.165) is 22.2 Å². The van der Waals surface area contributed by atoms with Gasteiger partial charge in [-0.2, -0.15) is 0 Å². The minimum absolute atomic E-state index is 0.138. The highest BCUT2D eigenvalue weighted by Crippen LogP contribution is 2.23. The maximum Gasteiger partial charge on any atom is 0.230 e. The van der Waals surface area contributed by atoms with Gasteiger partial charge in [0.1, 0.15) is 17.3 Å². The predicted octanol–water partition coefficient (Wildman–Crippen LogP) is 3.77. The van der Waals surface area contributed by atoms with E-state index in [1.807, 2.05) is 49.4 Å². The Morgan fingerprint density at radius 3 is 2.77 bits per heavy atom. The minimum Gasteiger partial charge on any atom is -0.361 e. The van der Waals surface area contributed by atoms with Gasteiger partial charge in [0.15, 0.2) is 0 Å². The summed E-state index contributed by atoms with van der Waals surface area (Å²) >= 11 is 0. The van der Waals surface area contributed by atoms with E-state index in [1.165, 1.54) is 0 Å². The van der Waals surface area contributed by atoms with Crippen LogP contribution in [0.4, 0.5) is 5.82 Å². The van der Waals surface area contributed by atoms with Gasteiger partial charge in [0, 0.05) is 17.6 Å². The summed E-state index contributed by atoms with van der Waals surface area (Å²) in [6, 6.07) is 16.9. The molecule has 4 aromatic rings. The van der Waals surface area contributed by atoms with Gasteiger partial charge >= 0.3 is 0 Å². The smallest absolute Gasteiger partial charge is 0.230 e. The molecule has 0 fully saturated rings. The molecule has 4 rings (SSSR count). The molecule has 1 N–H and O–H groups in total. The molecule has 0 saturated carbocycles. The van der Waals surface area contributed by atoms with Gasteiger partial charge in [0.05, 0.1) is 17.6 Å². The summed E-state index contributed by atoms with van der Waals surface area (Å²) in [5.74, 6) is 1.12. The Labute approximate surface area is 149 Å². The van der Waals surface area contributed by atoms with Gasteiger partial charge in [-0.3, -0.25) is 4.79 Å². The normalized spacial score (nSPS) is 10.8. The Morgan fingerprint density at radius 2 is 2.00 bits per heavy atom. The highest BCUT2D eigenvalue weighted by atomic mass is 16.5. The maximum absolute atomic E-state index is 12.4. The van der Waals surface area contributed by atoms with Crippen LogP contribution in [-0.4, -0.2) is 21.0 Å². The van der Waals surface area contributed by atoms with E-state index in [9.17, 15) is 4.79 Å². The van der Waals surface area contributed by atoms with Gasteiger partial charge in [0.2, 0.25) is 5.91 Å². The summed E-state index contributed by atoms with van der Waals surface area (Å²) in [7, 11) is 0. The molecule has 0 spiro atoms. The summed E-state index contributed by atoms with van der Waals surface area (Å²) in [5.41, 5.74) is 3.02. The van der Waals surface area contributed by atoms with Gasteiger partial charge in [-0.1, -0.05) is 35.5 Å². The lowest BCUT2D eigenvalue weighted by Gasteiger charge is -2.08. The topological polar surface area (TPSA) is 80.9 Å². The number of carbonyl (C=O) groups excluding carboxylic acids is 1. The Balaban J connectivity index is 1.65. The lowest BCUT2D eigenvalue weighted by atomic mass is 10.1. The second-order valence-corrected chi connectivity index (χ2v) is 5.95. The quantitative estimate of drug-likeness (QED) is 0.609. The summed E-state index contributed by atoms with van der Waals surface area (Å²) in [4.78, 5) is 21.2. The predicted molar refractivity (Wildman–Crippen MR) is 98.5 cm³/mol. The number of hydrogen-bond donors (Lipinski definition) is 1. The standard InChI is InChI=1S/C20H16N4O2/c1-13-11-17(24-26-13)16-9-8-14-5-4-6-15(20(14)22-16)12-19(25)23-18-7-2-3-10-21-18/h2-11H,12H2,1H3,(H,21,23,25). The molecule has 26 heavy (non-hydrogen) atoms. The Morgan fingerprint density at radius 1 is 1.08 bits per heavy atom. The van der Waals surface area contributed by atoms with E-state index < -0.39 is 0 Å². The Kier molecular flexibility index (Phi) is 4.15. The summed E-state index contributed by atoms with van der Waals surface area (Å²) < 4.78 is 5.13. The number of carbonyl (C=O) groups is 1. The number of rotatable bonds is 4. The molecule has 0 aliphatic carbocycles. The van der Waals surface area contributed by atoms with E-state index in [2.05, 4.69) is 15.5 Å². The third-order valence-corrected chi connectivity index (χ3v) is 3.98. The third kappa shape index (κ3) is 3.30. The lowest BCUT2D eigenvalue weighted by molar-refractivity contribution is -0.115. The first-order valence-corrected chi connectivity index (χ1v) is 8.22. The van der Waals surface area contributed by atoms with E-state index in [1.54, 1.807) is 18.3 Å². The zero-order chi connectivity index (χ0) is 17.9. The number of nitrogens with zero attached hydrogens (tertiary/aromatic N) is 3. The fourth-order valence-electron chi connectivity index (χ4n) is 2.78. The molecule has 0 radical (unpaired) electrons. The van der Waals surface area contributed by atoms with Gasteiger partial charge in [-0.05, 0) is 30.7 Å². The van der Waals surface area contributed by atoms with Crippen molar-refractivity contribution in [3.63, 3.8) is 0 Å². The van der Waals surface area contributed by atoms with Crippen molar-refractivity contribution in [2.24, 2.45) is 0 Å². The van der Waals surface area contributed by atoms with Crippen LogP contribution in [0.15, 0.2) is 65.3 Å². The number of fused-ring (bicyclic) bond motifs is 1. The molecular formula is C20H16N4O2. The number of aryl methyl sites for hydroxylation is 1. The van der Waals surface area contributed by atoms with Crippen LogP contribution in [0.25, 0.3) is 22.3 Å². The second kappa shape index (κ2) is 6.76. The van der Waals surface area contributed by atoms with Gasteiger partial charge < -0.3 is 9.84 Å². The highest BCUT2D eigenvalue weighted by molar-refractivity contribution is 5.95. The first-order chi connectivity index (χ1) is 12.7. The van der Waals surface area contributed by atoms with E-state index in [-0.39, 0.29) is 12.3 Å². The van der Waals surface area contributed by atoms with Crippen molar-refractivity contribution in [1.29, 1.82) is 0 Å². The number of nitrogens with one attached hydrogen (secondary N) is 1. The first-order valence-electron chi connectivity index (χ1n) is 8.22. The Hall–Kier alpha value is -3.54. The average molecular weight is 344 g/mol. The number of hydrogen-bond acceptors (Lipinski definition) is 5. The lowest BCUT2D eigenvalue weighted by Crippen LogP contribution is -2.15. The van der Waals surface area contributed by atoms with Crippen molar-refractivity contribution in [2.45, 2.75) is 13.3 Å². The van der Waals surface area contributed by atoms with E-state index in [4.69, 9.17) is 9.51 Å². The third-order valence-electron chi connectivity index (χ3n) is 3.98. The van der Waals surface area contributed by atoms with Gasteiger partial charge in [0.25, 0.3) is 0 Å². The highest BCUT2D eigenvalue weighted by Gasteiger charge is 2.11. The average Bonchev–Trinajstić information content (AvgIpc) is 3.09. The number of pyridine rings is 2. The molecule has 6 heteroatoms. The van der Waals surface area contributed by atoms with Crippen molar-refractivity contribution in [1.82, 2.24) is 15.1 Å². The van der Waals surface area contributed by atoms with Crippen LogP contribution in [0.1, 0.15) is 11.3 Å². The SMILES string of the molecule is Cc1cc(-c2ccc3cccc(CC(=O)Nc4ccccn4)c3n2)no1. The molecule has 3 heterocycles. The fraction of sp³-hybridized carbons (Fsp3) is 0.100. The van der Waals surface area contributed by atoms with Crippen LogP contribution in [0, 0.1) is 6.92 Å². The number of aromatic nitrogens is 3. The molecule has 0 aliphatic heterocycles. The molecule has 0 unspecified atom stereocenters. The van der Waals surface area contributed by atoms with Crippen LogP contribution < -0.4 is 5.32 Å². The van der Waals surface area contributed by atoms with Crippen LogP contribution in [-0.2, 0) is 11.2 Å². The summed E-state index contributed by atoms with van der Waals surface area (Å²) in [5, 5.41) is 7.78. The largest absolute Gasteiger partial charge is 0.361 e. The number of para-hydroxylation sites is 1. The number of amides is 1. The van der Waals surface area contributed by atoms with Crippen molar-refractivity contribution >= 4 is 22.6 Å². The first kappa shape index (κ1) is 16.0. The van der Waals surface area contributed by atoms with Gasteiger partial charge in [-0.25, -0.2) is 9.97 Å². The number of anilines is 1. The van der Waals surface area contributed by atoms with Crippen LogP contribution in [0.2, 0.25) is 0 Å². The molecule has 1 amide bonds. The zero-order valence-corrected chi connectivity index (χ0v) is 14.1.